The minimum absolute atomic E-state index is 0.00432. The lowest BCUT2D eigenvalue weighted by molar-refractivity contribution is -0.112. The van der Waals surface area contributed by atoms with Gasteiger partial charge in [-0.2, -0.15) is 5.26 Å². The maximum Gasteiger partial charge on any atom is 0.266 e. The Morgan fingerprint density at radius 1 is 1.10 bits per heavy atom. The van der Waals surface area contributed by atoms with Gasteiger partial charge in [-0.1, -0.05) is 52.3 Å². The van der Waals surface area contributed by atoms with Crippen molar-refractivity contribution in [1.29, 1.82) is 5.26 Å². The standard InChI is InChI=1S/C25H17BrFN3O/c26-20-4-3-5-22(13-20)29-25(31)18(14-28)12-19-16-30(24-7-2-1-6-23(19)24)15-17-8-10-21(27)11-9-17/h1-13,16H,15H2,(H,29,31)/b18-12-. The van der Waals surface area contributed by atoms with Crippen molar-refractivity contribution in [1.82, 2.24) is 4.57 Å². The molecule has 1 heterocycles. The van der Waals surface area contributed by atoms with Crippen molar-refractivity contribution in [2.24, 2.45) is 0 Å². The van der Waals surface area contributed by atoms with Crippen molar-refractivity contribution in [3.8, 4) is 6.07 Å². The zero-order chi connectivity index (χ0) is 21.8. The molecule has 4 nitrogen and oxygen atoms in total. The van der Waals surface area contributed by atoms with Crippen LogP contribution >= 0.6 is 15.9 Å². The van der Waals surface area contributed by atoms with Crippen molar-refractivity contribution in [2.45, 2.75) is 6.54 Å². The lowest BCUT2D eigenvalue weighted by Crippen LogP contribution is -2.13. The van der Waals surface area contributed by atoms with E-state index in [9.17, 15) is 14.4 Å². The van der Waals surface area contributed by atoms with E-state index in [1.807, 2.05) is 47.2 Å². The van der Waals surface area contributed by atoms with Crippen LogP contribution in [-0.2, 0) is 11.3 Å². The Morgan fingerprint density at radius 2 is 1.87 bits per heavy atom. The van der Waals surface area contributed by atoms with Gasteiger partial charge in [0.1, 0.15) is 17.5 Å². The number of hydrogen-bond acceptors (Lipinski definition) is 2. The first-order valence-corrected chi connectivity index (χ1v) is 10.3. The Kier molecular flexibility index (Phi) is 5.96. The second kappa shape index (κ2) is 8.99. The van der Waals surface area contributed by atoms with Crippen molar-refractivity contribution < 1.29 is 9.18 Å². The fourth-order valence-corrected chi connectivity index (χ4v) is 3.78. The summed E-state index contributed by atoms with van der Waals surface area (Å²) in [5.41, 5.74) is 3.27. The Labute approximate surface area is 187 Å². The molecule has 4 aromatic rings. The van der Waals surface area contributed by atoms with Crippen LogP contribution in [0.4, 0.5) is 10.1 Å². The largest absolute Gasteiger partial charge is 0.342 e. The molecule has 1 amide bonds. The summed E-state index contributed by atoms with van der Waals surface area (Å²) in [7, 11) is 0. The highest BCUT2D eigenvalue weighted by Gasteiger charge is 2.13. The van der Waals surface area contributed by atoms with Gasteiger partial charge in [-0.05, 0) is 48.0 Å². The van der Waals surface area contributed by atoms with Gasteiger partial charge in [0, 0.05) is 39.4 Å². The quantitative estimate of drug-likeness (QED) is 0.279. The molecular weight excluding hydrogens is 457 g/mol. The Bertz CT molecular complexity index is 1330. The van der Waals surface area contributed by atoms with Gasteiger partial charge in [-0.25, -0.2) is 4.39 Å². The number of halogens is 2. The summed E-state index contributed by atoms with van der Waals surface area (Å²) in [4.78, 5) is 12.7. The number of para-hydroxylation sites is 1. The molecule has 0 aliphatic rings. The lowest BCUT2D eigenvalue weighted by atomic mass is 10.1. The highest BCUT2D eigenvalue weighted by Crippen LogP contribution is 2.25. The smallest absolute Gasteiger partial charge is 0.266 e. The average Bonchev–Trinajstić information content (AvgIpc) is 3.11. The van der Waals surface area contributed by atoms with Gasteiger partial charge in [0.05, 0.1) is 0 Å². The average molecular weight is 474 g/mol. The van der Waals surface area contributed by atoms with E-state index in [1.165, 1.54) is 12.1 Å². The molecule has 0 fully saturated rings. The molecule has 0 saturated heterocycles. The molecule has 0 radical (unpaired) electrons. The van der Waals surface area contributed by atoms with Gasteiger partial charge in [-0.3, -0.25) is 4.79 Å². The number of hydrogen-bond donors (Lipinski definition) is 1. The van der Waals surface area contributed by atoms with Crippen LogP contribution in [-0.4, -0.2) is 10.5 Å². The molecule has 31 heavy (non-hydrogen) atoms. The molecule has 1 aromatic heterocycles. The lowest BCUT2D eigenvalue weighted by Gasteiger charge is -2.05. The van der Waals surface area contributed by atoms with E-state index in [2.05, 4.69) is 21.2 Å². The maximum atomic E-state index is 13.2. The second-order valence-corrected chi connectivity index (χ2v) is 7.91. The van der Waals surface area contributed by atoms with Crippen LogP contribution in [0.15, 0.2) is 89.0 Å². The van der Waals surface area contributed by atoms with Crippen molar-refractivity contribution in [3.63, 3.8) is 0 Å². The third-order valence-corrected chi connectivity index (χ3v) is 5.33. The van der Waals surface area contributed by atoms with Gasteiger partial charge >= 0.3 is 0 Å². The predicted molar refractivity (Wildman–Crippen MR) is 124 cm³/mol. The molecule has 1 N–H and O–H groups in total. The first-order chi connectivity index (χ1) is 15.0. The van der Waals surface area contributed by atoms with Gasteiger partial charge in [0.2, 0.25) is 0 Å². The molecular formula is C25H17BrFN3O. The number of nitrogens with one attached hydrogen (secondary N) is 1. The molecule has 3 aromatic carbocycles. The Balaban J connectivity index is 1.67. The SMILES string of the molecule is N#C/C(=C/c1cn(Cc2ccc(F)cc2)c2ccccc12)C(=O)Nc1cccc(Br)c1. The number of aromatic nitrogens is 1. The van der Waals surface area contributed by atoms with E-state index in [0.29, 0.717) is 12.2 Å². The molecule has 0 spiro atoms. The predicted octanol–water partition coefficient (Wildman–Crippen LogP) is 6.14. The van der Waals surface area contributed by atoms with Crippen molar-refractivity contribution in [2.75, 3.05) is 5.32 Å². The van der Waals surface area contributed by atoms with E-state index >= 15 is 0 Å². The second-order valence-electron chi connectivity index (χ2n) is 6.99. The van der Waals surface area contributed by atoms with Crippen LogP contribution in [0.3, 0.4) is 0 Å². The zero-order valence-corrected chi connectivity index (χ0v) is 17.9. The fourth-order valence-electron chi connectivity index (χ4n) is 3.38. The molecule has 0 bridgehead atoms. The Hall–Kier alpha value is -3.69. The highest BCUT2D eigenvalue weighted by atomic mass is 79.9. The number of carbonyl (C=O) groups excluding carboxylic acids is 1. The van der Waals surface area contributed by atoms with Gasteiger partial charge < -0.3 is 9.88 Å². The molecule has 4 rings (SSSR count). The van der Waals surface area contributed by atoms with Gasteiger partial charge in [0.15, 0.2) is 0 Å². The van der Waals surface area contributed by atoms with Crippen LogP contribution in [0.1, 0.15) is 11.1 Å². The summed E-state index contributed by atoms with van der Waals surface area (Å²) in [6.45, 7) is 0.542. The molecule has 6 heteroatoms. The summed E-state index contributed by atoms with van der Waals surface area (Å²) in [5.74, 6) is -0.754. The van der Waals surface area contributed by atoms with Crippen molar-refractivity contribution >= 4 is 44.5 Å². The summed E-state index contributed by atoms with van der Waals surface area (Å²) < 4.78 is 16.1. The van der Waals surface area contributed by atoms with Crippen LogP contribution < -0.4 is 5.32 Å². The number of amides is 1. The third kappa shape index (κ3) is 4.73. The molecule has 0 aliphatic carbocycles. The number of fused-ring (bicyclic) bond motifs is 1. The normalized spacial score (nSPS) is 11.3. The summed E-state index contributed by atoms with van der Waals surface area (Å²) >= 11 is 3.37. The minimum Gasteiger partial charge on any atom is -0.342 e. The molecule has 152 valence electrons. The first kappa shape index (κ1) is 20.6. The first-order valence-electron chi connectivity index (χ1n) is 9.54. The number of rotatable bonds is 5. The zero-order valence-electron chi connectivity index (χ0n) is 16.3. The molecule has 0 aliphatic heterocycles. The van der Waals surface area contributed by atoms with Crippen molar-refractivity contribution in [3.05, 3.63) is 106 Å². The highest BCUT2D eigenvalue weighted by molar-refractivity contribution is 9.10. The Morgan fingerprint density at radius 3 is 2.61 bits per heavy atom. The molecule has 0 saturated carbocycles. The summed E-state index contributed by atoms with van der Waals surface area (Å²) in [5, 5.41) is 13.3. The fraction of sp³-hybridized carbons (Fsp3) is 0.0400. The number of benzene rings is 3. The maximum absolute atomic E-state index is 13.2. The number of carbonyl (C=O) groups is 1. The van der Waals surface area contributed by atoms with E-state index in [0.717, 1.165) is 26.5 Å². The minimum atomic E-state index is -0.476. The van der Waals surface area contributed by atoms with Gasteiger partial charge in [-0.15, -0.1) is 0 Å². The topological polar surface area (TPSA) is 57.8 Å². The number of nitriles is 1. The van der Waals surface area contributed by atoms with Crippen LogP contribution in [0.25, 0.3) is 17.0 Å². The number of anilines is 1. The third-order valence-electron chi connectivity index (χ3n) is 4.83. The van der Waals surface area contributed by atoms with E-state index in [1.54, 1.807) is 36.4 Å². The van der Waals surface area contributed by atoms with E-state index in [4.69, 9.17) is 0 Å². The van der Waals surface area contributed by atoms with Crippen LogP contribution in [0.5, 0.6) is 0 Å². The van der Waals surface area contributed by atoms with Gasteiger partial charge in [0.25, 0.3) is 5.91 Å². The summed E-state index contributed by atoms with van der Waals surface area (Å²) in [6, 6.07) is 23.3. The van der Waals surface area contributed by atoms with Crippen LogP contribution in [0.2, 0.25) is 0 Å². The van der Waals surface area contributed by atoms with Crippen LogP contribution in [0, 0.1) is 17.1 Å². The molecule has 0 unspecified atom stereocenters. The summed E-state index contributed by atoms with van der Waals surface area (Å²) in [6.07, 6.45) is 3.49. The number of nitrogens with zero attached hydrogens (tertiary/aromatic N) is 2. The van der Waals surface area contributed by atoms with E-state index in [-0.39, 0.29) is 11.4 Å². The molecule has 0 atom stereocenters. The van der Waals surface area contributed by atoms with E-state index < -0.39 is 5.91 Å². The monoisotopic (exact) mass is 473 g/mol.